The van der Waals surface area contributed by atoms with Gasteiger partial charge >= 0.3 is 0 Å². The van der Waals surface area contributed by atoms with Gasteiger partial charge in [-0.25, -0.2) is 0 Å². The zero-order valence-corrected chi connectivity index (χ0v) is 16.1. The van der Waals surface area contributed by atoms with Crippen molar-refractivity contribution in [3.05, 3.63) is 0 Å². The second kappa shape index (κ2) is 16.7. The van der Waals surface area contributed by atoms with Gasteiger partial charge in [-0.05, 0) is 39.9 Å². The van der Waals surface area contributed by atoms with Crippen molar-refractivity contribution in [1.29, 1.82) is 0 Å². The van der Waals surface area contributed by atoms with Gasteiger partial charge in [0, 0.05) is 0 Å². The summed E-state index contributed by atoms with van der Waals surface area (Å²) in [4.78, 5) is 2.24. The first-order valence-electron chi connectivity index (χ1n) is 10.1. The molecule has 0 aliphatic heterocycles. The molecule has 0 fully saturated rings. The van der Waals surface area contributed by atoms with Gasteiger partial charge in [-0.3, -0.25) is 0 Å². The minimum atomic E-state index is -0.514. The van der Waals surface area contributed by atoms with Crippen molar-refractivity contribution in [1.82, 2.24) is 4.90 Å². The summed E-state index contributed by atoms with van der Waals surface area (Å²) in [6, 6.07) is 0. The van der Waals surface area contributed by atoms with Crippen LogP contribution >= 0.6 is 0 Å². The maximum absolute atomic E-state index is 10.0. The van der Waals surface area contributed by atoms with Crippen LogP contribution in [0.25, 0.3) is 0 Å². The number of hydrogen-bond donors (Lipinski definition) is 2. The predicted molar refractivity (Wildman–Crippen MR) is 101 cm³/mol. The fourth-order valence-corrected chi connectivity index (χ4v) is 3.01. The molecule has 2 N–H and O–H groups in total. The van der Waals surface area contributed by atoms with E-state index in [4.69, 9.17) is 0 Å². The van der Waals surface area contributed by atoms with E-state index in [1.807, 2.05) is 0 Å². The predicted octanol–water partition coefficient (Wildman–Crippen LogP) is 4.75. The SMILES string of the molecule is CCCCCCCC[C@@H](O)[C@@H](O)CCCCCCCCN(C)C. The Balaban J connectivity index is 3.35. The minimum Gasteiger partial charge on any atom is -0.390 e. The maximum atomic E-state index is 10.0. The lowest BCUT2D eigenvalue weighted by molar-refractivity contribution is 0.00712. The monoisotopic (exact) mass is 329 g/mol. The average molecular weight is 330 g/mol. The summed E-state index contributed by atoms with van der Waals surface area (Å²) >= 11 is 0. The Bertz CT molecular complexity index is 234. The van der Waals surface area contributed by atoms with Crippen molar-refractivity contribution in [2.24, 2.45) is 0 Å². The highest BCUT2D eigenvalue weighted by Crippen LogP contribution is 2.15. The fourth-order valence-electron chi connectivity index (χ4n) is 3.01. The molecule has 2 atom stereocenters. The van der Waals surface area contributed by atoms with Gasteiger partial charge in [0.25, 0.3) is 0 Å². The second-order valence-corrected chi connectivity index (χ2v) is 7.40. The summed E-state index contributed by atoms with van der Waals surface area (Å²) in [5, 5.41) is 20.0. The van der Waals surface area contributed by atoms with E-state index < -0.39 is 12.2 Å². The Kier molecular flexibility index (Phi) is 16.6. The van der Waals surface area contributed by atoms with Gasteiger partial charge in [0.15, 0.2) is 0 Å². The van der Waals surface area contributed by atoms with Gasteiger partial charge in [0.05, 0.1) is 12.2 Å². The molecular weight excluding hydrogens is 286 g/mol. The van der Waals surface area contributed by atoms with E-state index in [2.05, 4.69) is 25.9 Å². The van der Waals surface area contributed by atoms with Crippen LogP contribution in [0.5, 0.6) is 0 Å². The topological polar surface area (TPSA) is 43.7 Å². The summed E-state index contributed by atoms with van der Waals surface area (Å²) in [7, 11) is 4.25. The highest BCUT2D eigenvalue weighted by molar-refractivity contribution is 4.67. The van der Waals surface area contributed by atoms with E-state index in [-0.39, 0.29) is 0 Å². The van der Waals surface area contributed by atoms with Crippen LogP contribution < -0.4 is 0 Å². The summed E-state index contributed by atoms with van der Waals surface area (Å²) < 4.78 is 0. The third kappa shape index (κ3) is 16.5. The second-order valence-electron chi connectivity index (χ2n) is 7.40. The first-order chi connectivity index (χ1) is 11.1. The van der Waals surface area contributed by atoms with E-state index in [9.17, 15) is 10.2 Å². The summed E-state index contributed by atoms with van der Waals surface area (Å²) in [6.07, 6.45) is 15.3. The maximum Gasteiger partial charge on any atom is 0.0799 e. The van der Waals surface area contributed by atoms with Crippen LogP contribution in [0, 0.1) is 0 Å². The molecule has 0 heterocycles. The first-order valence-corrected chi connectivity index (χ1v) is 10.1. The Morgan fingerprint density at radius 1 is 0.609 bits per heavy atom. The van der Waals surface area contributed by atoms with Gasteiger partial charge in [-0.15, -0.1) is 0 Å². The van der Waals surface area contributed by atoms with Gasteiger partial charge in [-0.2, -0.15) is 0 Å². The van der Waals surface area contributed by atoms with Crippen LogP contribution in [0.4, 0.5) is 0 Å². The van der Waals surface area contributed by atoms with Crippen LogP contribution in [0.2, 0.25) is 0 Å². The summed E-state index contributed by atoms with van der Waals surface area (Å²) in [6.45, 7) is 3.41. The smallest absolute Gasteiger partial charge is 0.0799 e. The van der Waals surface area contributed by atoms with Crippen LogP contribution in [0.1, 0.15) is 96.8 Å². The fraction of sp³-hybridized carbons (Fsp3) is 1.00. The quantitative estimate of drug-likeness (QED) is 0.378. The Morgan fingerprint density at radius 3 is 1.43 bits per heavy atom. The molecule has 0 saturated carbocycles. The number of hydrogen-bond acceptors (Lipinski definition) is 3. The summed E-state index contributed by atoms with van der Waals surface area (Å²) in [5.74, 6) is 0. The van der Waals surface area contributed by atoms with Crippen LogP contribution in [-0.2, 0) is 0 Å². The Morgan fingerprint density at radius 2 is 1.00 bits per heavy atom. The Hall–Kier alpha value is -0.120. The zero-order valence-electron chi connectivity index (χ0n) is 16.1. The number of rotatable bonds is 17. The lowest BCUT2D eigenvalue weighted by atomic mass is 9.99. The molecule has 0 bridgehead atoms. The zero-order chi connectivity index (χ0) is 17.3. The molecule has 0 unspecified atom stereocenters. The molecule has 3 heteroatoms. The molecule has 23 heavy (non-hydrogen) atoms. The van der Waals surface area contributed by atoms with Gasteiger partial charge in [-0.1, -0.05) is 77.6 Å². The van der Waals surface area contributed by atoms with Crippen molar-refractivity contribution < 1.29 is 10.2 Å². The number of nitrogens with zero attached hydrogens (tertiary/aromatic N) is 1. The number of aliphatic hydroxyl groups excluding tert-OH is 2. The molecule has 0 rings (SSSR count). The van der Waals surface area contributed by atoms with Crippen molar-refractivity contribution in [2.45, 2.75) is 109 Å². The van der Waals surface area contributed by atoms with Gasteiger partial charge in [0.2, 0.25) is 0 Å². The molecule has 0 aromatic carbocycles. The third-order valence-corrected chi connectivity index (χ3v) is 4.65. The van der Waals surface area contributed by atoms with Crippen molar-refractivity contribution >= 4 is 0 Å². The molecule has 0 amide bonds. The first kappa shape index (κ1) is 22.9. The van der Waals surface area contributed by atoms with E-state index >= 15 is 0 Å². The molecule has 3 nitrogen and oxygen atoms in total. The molecule has 0 aliphatic rings. The van der Waals surface area contributed by atoms with E-state index in [1.165, 1.54) is 70.8 Å². The van der Waals surface area contributed by atoms with E-state index in [1.54, 1.807) is 0 Å². The number of unbranched alkanes of at least 4 members (excludes halogenated alkanes) is 10. The summed E-state index contributed by atoms with van der Waals surface area (Å²) in [5.41, 5.74) is 0. The average Bonchev–Trinajstić information content (AvgIpc) is 2.52. The lowest BCUT2D eigenvalue weighted by Gasteiger charge is -2.17. The van der Waals surface area contributed by atoms with Gasteiger partial charge in [0.1, 0.15) is 0 Å². The molecular formula is C20H43NO2. The molecule has 140 valence electrons. The molecule has 0 radical (unpaired) electrons. The van der Waals surface area contributed by atoms with Gasteiger partial charge < -0.3 is 15.1 Å². The lowest BCUT2D eigenvalue weighted by Crippen LogP contribution is -2.25. The molecule has 0 aliphatic carbocycles. The largest absolute Gasteiger partial charge is 0.390 e. The third-order valence-electron chi connectivity index (χ3n) is 4.65. The van der Waals surface area contributed by atoms with E-state index in [0.29, 0.717) is 0 Å². The van der Waals surface area contributed by atoms with Crippen molar-refractivity contribution in [2.75, 3.05) is 20.6 Å². The molecule has 0 saturated heterocycles. The normalized spacial score (nSPS) is 14.3. The van der Waals surface area contributed by atoms with Crippen LogP contribution in [0.3, 0.4) is 0 Å². The highest BCUT2D eigenvalue weighted by atomic mass is 16.3. The minimum absolute atomic E-state index is 0.513. The molecule has 0 aromatic rings. The van der Waals surface area contributed by atoms with Crippen LogP contribution in [-0.4, -0.2) is 48.0 Å². The standard InChI is InChI=1S/C20H43NO2/c1-4-5-6-7-10-13-16-19(22)20(23)17-14-11-8-9-12-15-18-21(2)3/h19-20,22-23H,4-18H2,1-3H3/t19-,20+/m1/s1. The Labute approximate surface area is 145 Å². The van der Waals surface area contributed by atoms with Crippen molar-refractivity contribution in [3.8, 4) is 0 Å². The molecule has 0 spiro atoms. The van der Waals surface area contributed by atoms with Crippen molar-refractivity contribution in [3.63, 3.8) is 0 Å². The number of aliphatic hydroxyl groups is 2. The highest BCUT2D eigenvalue weighted by Gasteiger charge is 2.15. The van der Waals surface area contributed by atoms with Crippen LogP contribution in [0.15, 0.2) is 0 Å². The molecule has 0 aromatic heterocycles. The van der Waals surface area contributed by atoms with E-state index in [0.717, 1.165) is 25.7 Å².